The van der Waals surface area contributed by atoms with Gasteiger partial charge in [-0.25, -0.2) is 0 Å². The first-order valence-electron chi connectivity index (χ1n) is 7.15. The van der Waals surface area contributed by atoms with Crippen LogP contribution in [0.5, 0.6) is 0 Å². The van der Waals surface area contributed by atoms with Crippen LogP contribution in [-0.2, 0) is 14.3 Å². The third-order valence-electron chi connectivity index (χ3n) is 4.62. The summed E-state index contributed by atoms with van der Waals surface area (Å²) < 4.78 is 5.05. The Hall–Kier alpha value is -1.06. The lowest BCUT2D eigenvalue weighted by Crippen LogP contribution is -2.30. The van der Waals surface area contributed by atoms with Crippen molar-refractivity contribution in [1.29, 1.82) is 0 Å². The summed E-state index contributed by atoms with van der Waals surface area (Å²) in [6, 6.07) is 0.335. The Morgan fingerprint density at radius 3 is 2.56 bits per heavy atom. The molecule has 4 nitrogen and oxygen atoms in total. The molecule has 1 N–H and O–H groups in total. The average Bonchev–Trinajstić information content (AvgIpc) is 2.90. The van der Waals surface area contributed by atoms with E-state index in [0.29, 0.717) is 18.4 Å². The molecule has 0 heterocycles. The molecule has 0 aromatic carbocycles. The van der Waals surface area contributed by atoms with E-state index in [2.05, 4.69) is 5.32 Å². The summed E-state index contributed by atoms with van der Waals surface area (Å²) in [6.45, 7) is -0.101. The van der Waals surface area contributed by atoms with E-state index in [1.165, 1.54) is 25.7 Å². The molecule has 0 radical (unpaired) electrons. The van der Waals surface area contributed by atoms with Gasteiger partial charge in [-0.05, 0) is 49.9 Å². The largest absolute Gasteiger partial charge is 0.456 e. The van der Waals surface area contributed by atoms with Crippen LogP contribution in [0, 0.1) is 17.8 Å². The molecule has 0 unspecified atom stereocenters. The molecule has 100 valence electrons. The lowest BCUT2D eigenvalue weighted by molar-refractivity contribution is -0.149. The Balaban J connectivity index is 1.35. The smallest absolute Gasteiger partial charge is 0.306 e. The molecule has 3 saturated carbocycles. The number of nitrogens with one attached hydrogen (secondary N) is 1. The van der Waals surface area contributed by atoms with Gasteiger partial charge in [0.15, 0.2) is 6.61 Å². The summed E-state index contributed by atoms with van der Waals surface area (Å²) in [7, 11) is 0. The predicted octanol–water partition coefficient (Wildman–Crippen LogP) is 1.63. The molecule has 0 saturated heterocycles. The summed E-state index contributed by atoms with van der Waals surface area (Å²) >= 11 is 0. The van der Waals surface area contributed by atoms with Crippen molar-refractivity contribution in [3.05, 3.63) is 0 Å². The first-order chi connectivity index (χ1) is 8.70. The summed E-state index contributed by atoms with van der Waals surface area (Å²) in [5.74, 6) is 1.76. The fraction of sp³-hybridized carbons (Fsp3) is 0.857. The van der Waals surface area contributed by atoms with Gasteiger partial charge in [-0.2, -0.15) is 0 Å². The Bertz CT molecular complexity index is 351. The van der Waals surface area contributed by atoms with E-state index in [9.17, 15) is 9.59 Å². The first kappa shape index (κ1) is 12.0. The highest BCUT2D eigenvalue weighted by Crippen LogP contribution is 2.49. The number of amides is 1. The summed E-state index contributed by atoms with van der Waals surface area (Å²) in [5.41, 5.74) is 0. The molecule has 3 fully saturated rings. The fourth-order valence-electron chi connectivity index (χ4n) is 3.54. The number of esters is 1. The molecule has 3 rings (SSSR count). The number of rotatable bonds is 5. The van der Waals surface area contributed by atoms with Gasteiger partial charge >= 0.3 is 5.97 Å². The molecule has 3 aliphatic carbocycles. The van der Waals surface area contributed by atoms with E-state index in [1.54, 1.807) is 0 Å². The van der Waals surface area contributed by atoms with Crippen LogP contribution in [0.15, 0.2) is 0 Å². The van der Waals surface area contributed by atoms with Crippen LogP contribution in [0.4, 0.5) is 0 Å². The normalized spacial score (nSPS) is 33.4. The highest BCUT2D eigenvalue weighted by atomic mass is 16.5. The van der Waals surface area contributed by atoms with Crippen molar-refractivity contribution in [2.24, 2.45) is 17.8 Å². The maximum atomic E-state index is 11.7. The van der Waals surface area contributed by atoms with Gasteiger partial charge in [0.05, 0.1) is 0 Å². The van der Waals surface area contributed by atoms with Crippen molar-refractivity contribution in [2.45, 2.75) is 51.0 Å². The molecular weight excluding hydrogens is 230 g/mol. The molecule has 2 bridgehead atoms. The highest BCUT2D eigenvalue weighted by molar-refractivity contribution is 5.81. The number of ether oxygens (including phenoxy) is 1. The molecule has 0 aliphatic heterocycles. The topological polar surface area (TPSA) is 55.4 Å². The number of carbonyl (C=O) groups is 2. The number of hydrogen-bond acceptors (Lipinski definition) is 3. The van der Waals surface area contributed by atoms with E-state index in [1.807, 2.05) is 0 Å². The Kier molecular flexibility index (Phi) is 3.27. The fourth-order valence-corrected chi connectivity index (χ4v) is 3.54. The number of carbonyl (C=O) groups excluding carboxylic acids is 2. The standard InChI is InChI=1S/C14H21NO3/c16-13(15-12-3-4-12)8-18-14(17)7-11-6-9-1-2-10(11)5-9/h9-12H,1-8H2,(H,15,16)/t9-,10+,11-/m0/s1. The van der Waals surface area contributed by atoms with Gasteiger partial charge in [0.1, 0.15) is 0 Å². The maximum absolute atomic E-state index is 11.7. The van der Waals surface area contributed by atoms with E-state index < -0.39 is 0 Å². The Morgan fingerprint density at radius 2 is 1.94 bits per heavy atom. The highest BCUT2D eigenvalue weighted by Gasteiger charge is 2.40. The molecule has 3 atom stereocenters. The summed E-state index contributed by atoms with van der Waals surface area (Å²) in [6.07, 6.45) is 7.76. The van der Waals surface area contributed by atoms with Crippen LogP contribution in [-0.4, -0.2) is 24.5 Å². The van der Waals surface area contributed by atoms with Gasteiger partial charge < -0.3 is 10.1 Å². The van der Waals surface area contributed by atoms with Gasteiger partial charge in [0.2, 0.25) is 0 Å². The molecule has 18 heavy (non-hydrogen) atoms. The van der Waals surface area contributed by atoms with E-state index in [-0.39, 0.29) is 18.5 Å². The monoisotopic (exact) mass is 251 g/mol. The molecule has 1 amide bonds. The third-order valence-corrected chi connectivity index (χ3v) is 4.62. The Labute approximate surface area is 107 Å². The lowest BCUT2D eigenvalue weighted by Gasteiger charge is -2.20. The van der Waals surface area contributed by atoms with Crippen LogP contribution < -0.4 is 5.32 Å². The molecular formula is C14H21NO3. The first-order valence-corrected chi connectivity index (χ1v) is 7.15. The van der Waals surface area contributed by atoms with Crippen molar-refractivity contribution in [2.75, 3.05) is 6.61 Å². The van der Waals surface area contributed by atoms with Gasteiger partial charge in [0.25, 0.3) is 5.91 Å². The maximum Gasteiger partial charge on any atom is 0.306 e. The third kappa shape index (κ3) is 2.85. The zero-order chi connectivity index (χ0) is 12.5. The summed E-state index contributed by atoms with van der Waals surface area (Å²) in [4.78, 5) is 23.1. The van der Waals surface area contributed by atoms with Crippen molar-refractivity contribution >= 4 is 11.9 Å². The Morgan fingerprint density at radius 1 is 1.11 bits per heavy atom. The minimum absolute atomic E-state index is 0.101. The molecule has 0 aromatic heterocycles. The van der Waals surface area contributed by atoms with Gasteiger partial charge in [0, 0.05) is 12.5 Å². The van der Waals surface area contributed by atoms with Crippen LogP contribution in [0.25, 0.3) is 0 Å². The second-order valence-electron chi connectivity index (χ2n) is 6.14. The summed E-state index contributed by atoms with van der Waals surface area (Å²) in [5, 5.41) is 2.81. The second kappa shape index (κ2) is 4.90. The zero-order valence-corrected chi connectivity index (χ0v) is 10.7. The van der Waals surface area contributed by atoms with E-state index >= 15 is 0 Å². The molecule has 3 aliphatic rings. The van der Waals surface area contributed by atoms with Crippen molar-refractivity contribution < 1.29 is 14.3 Å². The second-order valence-corrected chi connectivity index (χ2v) is 6.14. The quantitative estimate of drug-likeness (QED) is 0.756. The van der Waals surface area contributed by atoms with Crippen molar-refractivity contribution in [1.82, 2.24) is 5.32 Å². The van der Waals surface area contributed by atoms with Gasteiger partial charge in [-0.3, -0.25) is 9.59 Å². The van der Waals surface area contributed by atoms with Gasteiger partial charge in [-0.1, -0.05) is 6.42 Å². The number of hydrogen-bond donors (Lipinski definition) is 1. The van der Waals surface area contributed by atoms with E-state index in [4.69, 9.17) is 4.74 Å². The van der Waals surface area contributed by atoms with Crippen LogP contribution >= 0.6 is 0 Å². The van der Waals surface area contributed by atoms with Gasteiger partial charge in [-0.15, -0.1) is 0 Å². The van der Waals surface area contributed by atoms with E-state index in [0.717, 1.165) is 24.7 Å². The average molecular weight is 251 g/mol. The van der Waals surface area contributed by atoms with Crippen LogP contribution in [0.1, 0.15) is 44.9 Å². The zero-order valence-electron chi connectivity index (χ0n) is 10.7. The molecule has 0 spiro atoms. The van der Waals surface area contributed by atoms with Crippen LogP contribution in [0.2, 0.25) is 0 Å². The number of fused-ring (bicyclic) bond motifs is 2. The SMILES string of the molecule is O=C(COC(=O)C[C@@H]1C[C@H]2CC[C@@H]1C2)NC1CC1. The molecule has 0 aromatic rings. The van der Waals surface area contributed by atoms with Crippen molar-refractivity contribution in [3.8, 4) is 0 Å². The van der Waals surface area contributed by atoms with Crippen LogP contribution in [0.3, 0.4) is 0 Å². The predicted molar refractivity (Wildman–Crippen MR) is 65.7 cm³/mol. The molecule has 4 heteroatoms. The minimum atomic E-state index is -0.196. The minimum Gasteiger partial charge on any atom is -0.456 e. The van der Waals surface area contributed by atoms with Crippen molar-refractivity contribution in [3.63, 3.8) is 0 Å². The lowest BCUT2D eigenvalue weighted by atomic mass is 9.86.